The first-order valence-corrected chi connectivity index (χ1v) is 12.9. The number of nitrogens with zero attached hydrogens (tertiary/aromatic N) is 2. The van der Waals surface area contributed by atoms with E-state index in [1.807, 2.05) is 42.6 Å². The van der Waals surface area contributed by atoms with Gasteiger partial charge in [-0.05, 0) is 47.2 Å². The Kier molecular flexibility index (Phi) is 6.33. The van der Waals surface area contributed by atoms with Gasteiger partial charge in [0.1, 0.15) is 22.6 Å². The van der Waals surface area contributed by atoms with Crippen LogP contribution in [0.2, 0.25) is 0 Å². The number of phenolic OH excluding ortho intramolecular Hbond substituents is 1. The largest absolute Gasteiger partial charge is 0.507 e. The Labute approximate surface area is 244 Å². The van der Waals surface area contributed by atoms with Crippen molar-refractivity contribution in [3.8, 4) is 28.5 Å². The SMILES string of the molecule is CC(C)(C)c1c2c([c-]c3ccccc13)-c1nccc3cccc(c13)O2.Oc1cccc2oc3cccnc3c12.[Ir]. The van der Waals surface area contributed by atoms with Crippen LogP contribution in [0.15, 0.2) is 95.7 Å². The summed E-state index contributed by atoms with van der Waals surface area (Å²) in [6.07, 6.45) is 3.56. The first-order chi connectivity index (χ1) is 18.9. The van der Waals surface area contributed by atoms with E-state index in [1.54, 1.807) is 18.3 Å². The fourth-order valence-electron chi connectivity index (χ4n) is 5.47. The smallest absolute Gasteiger partial charge is 0.154 e. The van der Waals surface area contributed by atoms with Crippen molar-refractivity contribution in [1.29, 1.82) is 0 Å². The van der Waals surface area contributed by atoms with Crippen LogP contribution in [0.4, 0.5) is 0 Å². The van der Waals surface area contributed by atoms with Crippen molar-refractivity contribution in [3.05, 3.63) is 103 Å². The van der Waals surface area contributed by atoms with Crippen molar-refractivity contribution < 1.29 is 34.4 Å². The van der Waals surface area contributed by atoms with Crippen LogP contribution in [0.3, 0.4) is 0 Å². The fourth-order valence-corrected chi connectivity index (χ4v) is 5.47. The van der Waals surface area contributed by atoms with Crippen LogP contribution >= 0.6 is 0 Å². The molecule has 5 nitrogen and oxygen atoms in total. The van der Waals surface area contributed by atoms with Crippen molar-refractivity contribution in [2.24, 2.45) is 0 Å². The number of phenols is 1. The number of rotatable bonds is 0. The van der Waals surface area contributed by atoms with Crippen LogP contribution in [0.25, 0.3) is 54.9 Å². The number of furan rings is 1. The number of aromatic nitrogens is 2. The van der Waals surface area contributed by atoms with Gasteiger partial charge in [-0.1, -0.05) is 73.7 Å². The molecule has 4 aromatic carbocycles. The minimum Gasteiger partial charge on any atom is -0.507 e. The van der Waals surface area contributed by atoms with Gasteiger partial charge in [0.15, 0.2) is 5.58 Å². The van der Waals surface area contributed by atoms with Gasteiger partial charge in [-0.25, -0.2) is 0 Å². The van der Waals surface area contributed by atoms with Gasteiger partial charge in [-0.3, -0.25) is 9.97 Å². The predicted molar refractivity (Wildman–Crippen MR) is 155 cm³/mol. The monoisotopic (exact) mass is 702 g/mol. The molecule has 0 fully saturated rings. The summed E-state index contributed by atoms with van der Waals surface area (Å²) in [5, 5.41) is 14.9. The quantitative estimate of drug-likeness (QED) is 0.160. The fraction of sp³-hybridized carbons (Fsp3) is 0.118. The number of hydrogen-bond acceptors (Lipinski definition) is 5. The zero-order valence-corrected chi connectivity index (χ0v) is 24.5. The third kappa shape index (κ3) is 4.12. The Balaban J connectivity index is 0.000000164. The number of aromatic hydroxyl groups is 1. The Morgan fingerprint density at radius 1 is 0.775 bits per heavy atom. The number of hydrogen-bond donors (Lipinski definition) is 1. The molecule has 199 valence electrons. The molecule has 0 bridgehead atoms. The molecule has 1 radical (unpaired) electrons. The summed E-state index contributed by atoms with van der Waals surface area (Å²) in [6.45, 7) is 6.69. The van der Waals surface area contributed by atoms with Gasteiger partial charge >= 0.3 is 0 Å². The summed E-state index contributed by atoms with van der Waals surface area (Å²) in [6, 6.07) is 29.0. The Bertz CT molecular complexity index is 2050. The van der Waals surface area contributed by atoms with E-state index in [-0.39, 0.29) is 31.3 Å². The van der Waals surface area contributed by atoms with Gasteiger partial charge in [-0.15, -0.1) is 17.5 Å². The van der Waals surface area contributed by atoms with Crippen molar-refractivity contribution in [2.75, 3.05) is 0 Å². The normalized spacial score (nSPS) is 12.0. The molecule has 0 spiro atoms. The molecule has 1 N–H and O–H groups in total. The van der Waals surface area contributed by atoms with E-state index in [9.17, 15) is 5.11 Å². The molecular formula is C34H25IrN2O3-. The van der Waals surface area contributed by atoms with E-state index in [0.717, 1.165) is 38.9 Å². The van der Waals surface area contributed by atoms with E-state index in [0.29, 0.717) is 22.1 Å². The van der Waals surface area contributed by atoms with Crippen LogP contribution in [-0.4, -0.2) is 15.1 Å². The predicted octanol–water partition coefficient (Wildman–Crippen LogP) is 8.94. The van der Waals surface area contributed by atoms with Gasteiger partial charge in [0.2, 0.25) is 0 Å². The molecule has 4 heterocycles. The summed E-state index contributed by atoms with van der Waals surface area (Å²) in [5.74, 6) is 1.98. The molecular weight excluding hydrogens is 677 g/mol. The van der Waals surface area contributed by atoms with Crippen LogP contribution in [-0.2, 0) is 25.5 Å². The molecule has 3 aromatic heterocycles. The van der Waals surface area contributed by atoms with Crippen LogP contribution in [0.1, 0.15) is 26.3 Å². The van der Waals surface area contributed by atoms with Crippen LogP contribution in [0.5, 0.6) is 17.2 Å². The van der Waals surface area contributed by atoms with E-state index in [1.165, 1.54) is 10.9 Å². The minimum atomic E-state index is -0.0566. The van der Waals surface area contributed by atoms with E-state index >= 15 is 0 Å². The summed E-state index contributed by atoms with van der Waals surface area (Å²) in [4.78, 5) is 8.87. The van der Waals surface area contributed by atoms with E-state index in [4.69, 9.17) is 14.1 Å². The van der Waals surface area contributed by atoms with Crippen molar-refractivity contribution in [1.82, 2.24) is 9.97 Å². The van der Waals surface area contributed by atoms with Crippen molar-refractivity contribution in [2.45, 2.75) is 26.2 Å². The second-order valence-corrected chi connectivity index (χ2v) is 10.7. The molecule has 0 amide bonds. The third-order valence-electron chi connectivity index (χ3n) is 7.09. The maximum absolute atomic E-state index is 9.66. The molecule has 0 aliphatic carbocycles. The number of pyridine rings is 2. The second-order valence-electron chi connectivity index (χ2n) is 10.7. The van der Waals surface area contributed by atoms with Crippen LogP contribution in [0, 0.1) is 6.07 Å². The van der Waals surface area contributed by atoms with Gasteiger partial charge < -0.3 is 14.3 Å². The zero-order chi connectivity index (χ0) is 26.7. The summed E-state index contributed by atoms with van der Waals surface area (Å²) in [5.41, 5.74) is 5.16. The first-order valence-electron chi connectivity index (χ1n) is 12.9. The van der Waals surface area contributed by atoms with Crippen LogP contribution < -0.4 is 4.74 Å². The van der Waals surface area contributed by atoms with E-state index < -0.39 is 0 Å². The molecule has 7 aromatic rings. The molecule has 1 aliphatic rings. The number of benzene rings is 4. The van der Waals surface area contributed by atoms with E-state index in [2.05, 4.69) is 62.2 Å². The summed E-state index contributed by atoms with van der Waals surface area (Å²) < 4.78 is 12.0. The molecule has 0 saturated carbocycles. The first kappa shape index (κ1) is 26.0. The standard InChI is InChI=1S/C23H18NO.C11H7NO2.Ir/c1-23(2,3)20-16-9-5-4-7-15(16)13-17-21-19-14(11-12-24-21)8-6-10-18(19)25-22(17)20;13-7-3-1-4-8-10(7)11-9(14-8)5-2-6-12-11;/h4-12H,1-3H3;1-6,13H;/q-1;;. The minimum absolute atomic E-state index is 0. The summed E-state index contributed by atoms with van der Waals surface area (Å²) >= 11 is 0. The van der Waals surface area contributed by atoms with Gasteiger partial charge in [0.25, 0.3) is 0 Å². The molecule has 0 atom stereocenters. The van der Waals surface area contributed by atoms with Gasteiger partial charge in [-0.2, -0.15) is 0 Å². The Morgan fingerprint density at radius 2 is 1.57 bits per heavy atom. The maximum Gasteiger partial charge on any atom is 0.154 e. The molecule has 40 heavy (non-hydrogen) atoms. The molecule has 8 rings (SSSR count). The topological polar surface area (TPSA) is 68.4 Å². The average molecular weight is 702 g/mol. The summed E-state index contributed by atoms with van der Waals surface area (Å²) in [7, 11) is 0. The molecule has 0 saturated heterocycles. The average Bonchev–Trinajstić information content (AvgIpc) is 3.32. The molecule has 1 aliphatic heterocycles. The molecule has 6 heteroatoms. The van der Waals surface area contributed by atoms with Crippen molar-refractivity contribution in [3.63, 3.8) is 0 Å². The second kappa shape index (κ2) is 9.74. The van der Waals surface area contributed by atoms with Gasteiger partial charge in [0, 0.05) is 43.6 Å². The zero-order valence-electron chi connectivity index (χ0n) is 22.2. The van der Waals surface area contributed by atoms with Gasteiger partial charge in [0.05, 0.1) is 11.1 Å². The number of fused-ring (bicyclic) bond motifs is 6. The molecule has 0 unspecified atom stereocenters. The third-order valence-corrected chi connectivity index (χ3v) is 7.09. The Hall–Kier alpha value is -4.25. The maximum atomic E-state index is 9.66. The Morgan fingerprint density at radius 3 is 2.42 bits per heavy atom. The van der Waals surface area contributed by atoms with Crippen molar-refractivity contribution >= 4 is 43.6 Å². The number of ether oxygens (including phenoxy) is 1.